The van der Waals surface area contributed by atoms with Gasteiger partial charge in [0.25, 0.3) is 0 Å². The Morgan fingerprint density at radius 2 is 1.81 bits per heavy atom. The molecular formula is C35H37N3O4. The van der Waals surface area contributed by atoms with Crippen LogP contribution in [0.1, 0.15) is 61.5 Å². The van der Waals surface area contributed by atoms with Crippen molar-refractivity contribution in [2.24, 2.45) is 0 Å². The first-order chi connectivity index (χ1) is 20.3. The number of rotatable bonds is 6. The Labute approximate surface area is 246 Å². The van der Waals surface area contributed by atoms with E-state index >= 15 is 0 Å². The number of hydrogen-bond acceptors (Lipinski definition) is 6. The summed E-state index contributed by atoms with van der Waals surface area (Å²) < 4.78 is 12.1. The summed E-state index contributed by atoms with van der Waals surface area (Å²) in [5, 5.41) is 1.98. The molecule has 2 heterocycles. The van der Waals surface area contributed by atoms with E-state index in [0.29, 0.717) is 18.2 Å². The first kappa shape index (κ1) is 27.8. The van der Waals surface area contributed by atoms with Crippen molar-refractivity contribution in [1.29, 1.82) is 0 Å². The van der Waals surface area contributed by atoms with Gasteiger partial charge in [-0.05, 0) is 90.6 Å². The molecule has 1 aliphatic heterocycles. The Kier molecular flexibility index (Phi) is 7.35. The summed E-state index contributed by atoms with van der Waals surface area (Å²) in [5.41, 5.74) is 12.6. The van der Waals surface area contributed by atoms with E-state index in [-0.39, 0.29) is 29.8 Å². The van der Waals surface area contributed by atoms with Gasteiger partial charge in [0.1, 0.15) is 17.7 Å². The van der Waals surface area contributed by atoms with Gasteiger partial charge >= 0.3 is 5.97 Å². The minimum absolute atomic E-state index is 0.0760. The second-order valence-corrected chi connectivity index (χ2v) is 11.6. The highest BCUT2D eigenvalue weighted by atomic mass is 16.5. The van der Waals surface area contributed by atoms with Gasteiger partial charge in [-0.1, -0.05) is 36.4 Å². The van der Waals surface area contributed by atoms with Crippen LogP contribution in [0.3, 0.4) is 0 Å². The minimum atomic E-state index is -0.260. The molecule has 2 aliphatic rings. The van der Waals surface area contributed by atoms with Crippen molar-refractivity contribution in [3.8, 4) is 16.9 Å². The lowest BCUT2D eigenvalue weighted by atomic mass is 9.73. The zero-order valence-corrected chi connectivity index (χ0v) is 24.5. The van der Waals surface area contributed by atoms with E-state index in [4.69, 9.17) is 15.2 Å². The number of fused-ring (bicyclic) bond motifs is 3. The zero-order valence-electron chi connectivity index (χ0n) is 24.5. The molecule has 1 spiro atoms. The normalized spacial score (nSPS) is 17.3. The van der Waals surface area contributed by atoms with Gasteiger partial charge < -0.3 is 20.1 Å². The molecule has 1 amide bonds. The third kappa shape index (κ3) is 5.08. The highest BCUT2D eigenvalue weighted by Gasteiger charge is 2.47. The number of nitrogens with zero attached hydrogens (tertiary/aromatic N) is 2. The van der Waals surface area contributed by atoms with Crippen LogP contribution in [0.25, 0.3) is 21.9 Å². The van der Waals surface area contributed by atoms with Gasteiger partial charge in [-0.15, -0.1) is 0 Å². The second kappa shape index (κ2) is 11.1. The Balaban J connectivity index is 1.40. The predicted molar refractivity (Wildman–Crippen MR) is 164 cm³/mol. The summed E-state index contributed by atoms with van der Waals surface area (Å²) in [6, 6.07) is 20.9. The largest absolute Gasteiger partial charge is 0.485 e. The molecule has 7 nitrogen and oxygen atoms in total. The molecule has 1 saturated heterocycles. The Hall–Kier alpha value is -4.39. The summed E-state index contributed by atoms with van der Waals surface area (Å²) in [6.45, 7) is 7.28. The average Bonchev–Trinajstić information content (AvgIpc) is 3.27. The molecule has 2 N–H and O–H groups in total. The van der Waals surface area contributed by atoms with Gasteiger partial charge in [-0.2, -0.15) is 0 Å². The predicted octanol–water partition coefficient (Wildman–Crippen LogP) is 6.30. The molecule has 1 atom stereocenters. The lowest BCUT2D eigenvalue weighted by Crippen LogP contribution is -2.43. The zero-order chi connectivity index (χ0) is 29.4. The van der Waals surface area contributed by atoms with Gasteiger partial charge in [0.05, 0.1) is 13.0 Å². The van der Waals surface area contributed by atoms with Gasteiger partial charge in [0.2, 0.25) is 5.91 Å². The van der Waals surface area contributed by atoms with Gasteiger partial charge in [-0.3, -0.25) is 9.59 Å². The summed E-state index contributed by atoms with van der Waals surface area (Å²) in [6.07, 6.45) is 4.30. The number of nitrogens with two attached hydrogens (primary N) is 1. The molecule has 0 radical (unpaired) electrons. The molecule has 1 fully saturated rings. The van der Waals surface area contributed by atoms with Crippen LogP contribution in [-0.2, 0) is 26.2 Å². The van der Waals surface area contributed by atoms with Gasteiger partial charge in [-0.25, -0.2) is 4.98 Å². The molecule has 0 saturated carbocycles. The summed E-state index contributed by atoms with van der Waals surface area (Å²) in [5.74, 6) is 1.09. The van der Waals surface area contributed by atoms with Gasteiger partial charge in [0, 0.05) is 42.6 Å². The van der Waals surface area contributed by atoms with Crippen LogP contribution in [0.5, 0.6) is 5.75 Å². The number of anilines is 1. The van der Waals surface area contributed by atoms with Crippen molar-refractivity contribution >= 4 is 28.5 Å². The molecular weight excluding hydrogens is 526 g/mol. The molecule has 1 unspecified atom stereocenters. The van der Waals surface area contributed by atoms with Gasteiger partial charge in [0.15, 0.2) is 0 Å². The number of likely N-dealkylation sites (tertiary alicyclic amines) is 1. The van der Waals surface area contributed by atoms with Crippen LogP contribution < -0.4 is 10.5 Å². The molecule has 7 heteroatoms. The third-order valence-electron chi connectivity index (χ3n) is 9.11. The third-order valence-corrected chi connectivity index (χ3v) is 9.11. The molecule has 216 valence electrons. The van der Waals surface area contributed by atoms with Crippen molar-refractivity contribution in [2.75, 3.05) is 25.4 Å². The maximum atomic E-state index is 12.5. The number of aromatic nitrogens is 1. The number of benzene rings is 3. The SMILES string of the molecule is CCOC(=O)Cc1c(C)cccc1OC1CC2(CCN(C(C)=O)CC2)c2ccc(-c3ccc4ccnc(N)c4c3)cc21. The summed E-state index contributed by atoms with van der Waals surface area (Å²) in [4.78, 5) is 30.8. The highest BCUT2D eigenvalue weighted by molar-refractivity contribution is 5.94. The molecule has 6 rings (SSSR count). The van der Waals surface area contributed by atoms with Crippen molar-refractivity contribution in [1.82, 2.24) is 9.88 Å². The molecule has 0 bridgehead atoms. The summed E-state index contributed by atoms with van der Waals surface area (Å²) in [7, 11) is 0. The van der Waals surface area contributed by atoms with E-state index < -0.39 is 0 Å². The Morgan fingerprint density at radius 3 is 2.57 bits per heavy atom. The molecule has 1 aliphatic carbocycles. The number of carbonyl (C=O) groups is 2. The van der Waals surface area contributed by atoms with Crippen LogP contribution in [0.15, 0.2) is 66.9 Å². The van der Waals surface area contributed by atoms with E-state index in [1.54, 1.807) is 13.1 Å². The molecule has 3 aromatic carbocycles. The second-order valence-electron chi connectivity index (χ2n) is 11.6. The number of ether oxygens (including phenoxy) is 2. The number of pyridine rings is 1. The molecule has 4 aromatic rings. The topological polar surface area (TPSA) is 94.8 Å². The van der Waals surface area contributed by atoms with Crippen LogP contribution in [0, 0.1) is 6.92 Å². The first-order valence-electron chi connectivity index (χ1n) is 14.7. The van der Waals surface area contributed by atoms with Crippen LogP contribution in [0.2, 0.25) is 0 Å². The van der Waals surface area contributed by atoms with Crippen molar-refractivity contribution in [2.45, 2.75) is 58.0 Å². The van der Waals surface area contributed by atoms with E-state index in [0.717, 1.165) is 70.9 Å². The lowest BCUT2D eigenvalue weighted by Gasteiger charge is -2.40. The number of esters is 1. The smallest absolute Gasteiger partial charge is 0.310 e. The maximum Gasteiger partial charge on any atom is 0.310 e. The lowest BCUT2D eigenvalue weighted by molar-refractivity contribution is -0.142. The van der Waals surface area contributed by atoms with Crippen LogP contribution in [0.4, 0.5) is 5.82 Å². The molecule has 42 heavy (non-hydrogen) atoms. The number of piperidine rings is 1. The highest BCUT2D eigenvalue weighted by Crippen LogP contribution is 2.53. The van der Waals surface area contributed by atoms with Crippen molar-refractivity contribution in [3.05, 3.63) is 89.1 Å². The quantitative estimate of drug-likeness (QED) is 0.277. The fourth-order valence-corrected chi connectivity index (χ4v) is 6.79. The number of nitrogen functional groups attached to an aromatic ring is 1. The fourth-order valence-electron chi connectivity index (χ4n) is 6.79. The number of hydrogen-bond donors (Lipinski definition) is 1. The number of amides is 1. The van der Waals surface area contributed by atoms with E-state index in [2.05, 4.69) is 41.4 Å². The van der Waals surface area contributed by atoms with E-state index in [1.165, 1.54) is 5.56 Å². The van der Waals surface area contributed by atoms with Crippen molar-refractivity contribution < 1.29 is 19.1 Å². The number of aryl methyl sites for hydroxylation is 1. The van der Waals surface area contributed by atoms with Crippen LogP contribution in [-0.4, -0.2) is 41.5 Å². The fraction of sp³-hybridized carbons (Fsp3) is 0.343. The van der Waals surface area contributed by atoms with E-state index in [1.807, 2.05) is 43.0 Å². The standard InChI is InChI=1S/C35H37N3O4/c1-4-41-33(40)20-27-22(2)6-5-7-31(27)42-32-21-35(13-16-38(17-14-35)23(3)39)30-11-10-26(19-29(30)32)25-9-8-24-12-15-37-34(36)28(24)18-25/h5-12,15,18-19,32H,4,13-14,16-17,20-21H2,1-3H3,(H2,36,37). The Morgan fingerprint density at radius 1 is 1.05 bits per heavy atom. The minimum Gasteiger partial charge on any atom is -0.485 e. The van der Waals surface area contributed by atoms with Crippen LogP contribution >= 0.6 is 0 Å². The molecule has 1 aromatic heterocycles. The Bertz CT molecular complexity index is 1670. The monoisotopic (exact) mass is 563 g/mol. The van der Waals surface area contributed by atoms with E-state index in [9.17, 15) is 9.59 Å². The first-order valence-corrected chi connectivity index (χ1v) is 14.7. The van der Waals surface area contributed by atoms with Crippen molar-refractivity contribution in [3.63, 3.8) is 0 Å². The summed E-state index contributed by atoms with van der Waals surface area (Å²) >= 11 is 0. The average molecular weight is 564 g/mol. The maximum absolute atomic E-state index is 12.5. The number of carbonyl (C=O) groups excluding carboxylic acids is 2.